The van der Waals surface area contributed by atoms with Crippen molar-refractivity contribution in [1.29, 1.82) is 0 Å². The first-order chi connectivity index (χ1) is 6.68. The van der Waals surface area contributed by atoms with Gasteiger partial charge in [-0.25, -0.2) is 0 Å². The molecule has 0 amide bonds. The van der Waals surface area contributed by atoms with E-state index in [9.17, 15) is 4.79 Å². The van der Waals surface area contributed by atoms with Gasteiger partial charge in [0.2, 0.25) is 0 Å². The van der Waals surface area contributed by atoms with Crippen LogP contribution in [0.4, 0.5) is 0 Å². The molecule has 1 aliphatic heterocycles. The summed E-state index contributed by atoms with van der Waals surface area (Å²) in [6.07, 6.45) is 10.3. The number of fused-ring (bicyclic) bond motifs is 1. The normalized spacial score (nSPS) is 42.1. The molecule has 2 rings (SSSR count). The van der Waals surface area contributed by atoms with E-state index in [1.165, 1.54) is 6.42 Å². The van der Waals surface area contributed by atoms with Crippen molar-refractivity contribution in [3.63, 3.8) is 0 Å². The van der Waals surface area contributed by atoms with Gasteiger partial charge in [0.05, 0.1) is 0 Å². The Labute approximate surface area is 85.0 Å². The Hall–Kier alpha value is -0.970. The van der Waals surface area contributed by atoms with Crippen molar-refractivity contribution in [2.45, 2.75) is 44.6 Å². The topological polar surface area (TPSA) is 26.3 Å². The largest absolute Gasteiger partial charge is 0.446 e. The molecule has 76 valence electrons. The van der Waals surface area contributed by atoms with Crippen LogP contribution in [0.2, 0.25) is 0 Å². The maximum absolute atomic E-state index is 11.4. The summed E-state index contributed by atoms with van der Waals surface area (Å²) < 4.78 is 5.42. The number of hydrogen-bond acceptors (Lipinski definition) is 2. The highest BCUT2D eigenvalue weighted by Crippen LogP contribution is 2.45. The first kappa shape index (κ1) is 9.58. The average Bonchev–Trinajstić information content (AvgIpc) is 2.17. The van der Waals surface area contributed by atoms with Crippen LogP contribution >= 0.6 is 0 Å². The second kappa shape index (κ2) is 3.31. The van der Waals surface area contributed by atoms with Gasteiger partial charge < -0.3 is 4.74 Å². The van der Waals surface area contributed by atoms with Crippen LogP contribution in [-0.4, -0.2) is 11.6 Å². The molecule has 2 nitrogen and oxygen atoms in total. The third-order valence-electron chi connectivity index (χ3n) is 3.63. The minimum absolute atomic E-state index is 0.117. The number of terminal acetylenes is 1. The fraction of sp³-hybridized carbons (Fsp3) is 0.750. The van der Waals surface area contributed by atoms with Crippen LogP contribution in [0.3, 0.4) is 0 Å². The van der Waals surface area contributed by atoms with Crippen molar-refractivity contribution in [3.05, 3.63) is 0 Å². The summed E-state index contributed by atoms with van der Waals surface area (Å²) in [7, 11) is 0. The molecule has 2 aliphatic rings. The fourth-order valence-corrected chi connectivity index (χ4v) is 2.90. The molecular weight excluding hydrogens is 176 g/mol. The summed E-state index contributed by atoms with van der Waals surface area (Å²) in [5, 5.41) is 0. The van der Waals surface area contributed by atoms with Gasteiger partial charge in [-0.15, -0.1) is 6.42 Å². The number of esters is 1. The lowest BCUT2D eigenvalue weighted by molar-refractivity contribution is -0.177. The maximum Gasteiger partial charge on any atom is 0.307 e. The van der Waals surface area contributed by atoms with E-state index < -0.39 is 5.60 Å². The zero-order valence-corrected chi connectivity index (χ0v) is 8.58. The van der Waals surface area contributed by atoms with E-state index in [-0.39, 0.29) is 5.97 Å². The van der Waals surface area contributed by atoms with Crippen LogP contribution in [0, 0.1) is 24.2 Å². The van der Waals surface area contributed by atoms with Crippen LogP contribution in [0.1, 0.15) is 39.0 Å². The first-order valence-corrected chi connectivity index (χ1v) is 5.37. The van der Waals surface area contributed by atoms with Crippen molar-refractivity contribution in [1.82, 2.24) is 0 Å². The highest BCUT2D eigenvalue weighted by atomic mass is 16.6. The Kier molecular flexibility index (Phi) is 2.26. The van der Waals surface area contributed by atoms with Gasteiger partial charge >= 0.3 is 5.97 Å². The molecule has 0 N–H and O–H groups in total. The van der Waals surface area contributed by atoms with Crippen LogP contribution in [-0.2, 0) is 9.53 Å². The number of rotatable bonds is 0. The first-order valence-electron chi connectivity index (χ1n) is 5.37. The van der Waals surface area contributed by atoms with E-state index in [4.69, 9.17) is 11.2 Å². The number of carbonyl (C=O) groups excluding carboxylic acids is 1. The van der Waals surface area contributed by atoms with E-state index >= 15 is 0 Å². The predicted octanol–water partition coefficient (Wildman–Crippen LogP) is 2.13. The van der Waals surface area contributed by atoms with E-state index in [1.807, 2.05) is 0 Å². The molecule has 1 unspecified atom stereocenters. The fourth-order valence-electron chi connectivity index (χ4n) is 2.90. The summed E-state index contributed by atoms with van der Waals surface area (Å²) in [5.74, 6) is 3.39. The van der Waals surface area contributed by atoms with Crippen molar-refractivity contribution < 1.29 is 9.53 Å². The smallest absolute Gasteiger partial charge is 0.307 e. The maximum atomic E-state index is 11.4. The summed E-state index contributed by atoms with van der Waals surface area (Å²) >= 11 is 0. The van der Waals surface area contributed by atoms with Gasteiger partial charge in [0.25, 0.3) is 0 Å². The monoisotopic (exact) mass is 192 g/mol. The summed E-state index contributed by atoms with van der Waals surface area (Å²) in [6, 6.07) is 0. The molecule has 0 aromatic heterocycles. The van der Waals surface area contributed by atoms with Crippen LogP contribution < -0.4 is 0 Å². The molecular formula is C12H16O2. The molecule has 1 saturated heterocycles. The van der Waals surface area contributed by atoms with E-state index in [0.29, 0.717) is 18.3 Å². The Bertz CT molecular complexity index is 289. The highest BCUT2D eigenvalue weighted by Gasteiger charge is 2.48. The second-order valence-corrected chi connectivity index (χ2v) is 4.54. The molecule has 0 radical (unpaired) electrons. The lowest BCUT2D eigenvalue weighted by atomic mass is 9.67. The second-order valence-electron chi connectivity index (χ2n) is 4.54. The molecule has 0 spiro atoms. The van der Waals surface area contributed by atoms with Crippen LogP contribution in [0.15, 0.2) is 0 Å². The van der Waals surface area contributed by atoms with Gasteiger partial charge in [-0.3, -0.25) is 4.79 Å². The van der Waals surface area contributed by atoms with Gasteiger partial charge in [0.15, 0.2) is 5.60 Å². The van der Waals surface area contributed by atoms with Gasteiger partial charge in [-0.05, 0) is 25.2 Å². The van der Waals surface area contributed by atoms with Crippen LogP contribution in [0.25, 0.3) is 0 Å². The van der Waals surface area contributed by atoms with E-state index in [1.54, 1.807) is 0 Å². The van der Waals surface area contributed by atoms with Crippen molar-refractivity contribution >= 4 is 5.97 Å². The molecule has 1 heterocycles. The summed E-state index contributed by atoms with van der Waals surface area (Å²) in [6.45, 7) is 2.11. The molecule has 1 aliphatic carbocycles. The summed E-state index contributed by atoms with van der Waals surface area (Å²) in [4.78, 5) is 11.4. The van der Waals surface area contributed by atoms with E-state index in [2.05, 4.69) is 12.8 Å². The van der Waals surface area contributed by atoms with Gasteiger partial charge in [-0.1, -0.05) is 19.3 Å². The Morgan fingerprint density at radius 2 is 2.36 bits per heavy atom. The lowest BCUT2D eigenvalue weighted by Gasteiger charge is -2.45. The highest BCUT2D eigenvalue weighted by molar-refractivity contribution is 5.72. The van der Waals surface area contributed by atoms with Crippen LogP contribution in [0.5, 0.6) is 0 Å². The molecule has 2 fully saturated rings. The number of carbonyl (C=O) groups is 1. The van der Waals surface area contributed by atoms with Crippen molar-refractivity contribution in [3.8, 4) is 12.3 Å². The quantitative estimate of drug-likeness (QED) is 0.434. The van der Waals surface area contributed by atoms with Crippen molar-refractivity contribution in [2.24, 2.45) is 11.8 Å². The molecule has 0 bridgehead atoms. The molecule has 14 heavy (non-hydrogen) atoms. The molecule has 1 saturated carbocycles. The number of hydrogen-bond donors (Lipinski definition) is 0. The molecule has 0 aromatic carbocycles. The van der Waals surface area contributed by atoms with Gasteiger partial charge in [0, 0.05) is 12.3 Å². The minimum Gasteiger partial charge on any atom is -0.446 e. The molecule has 0 aromatic rings. The van der Waals surface area contributed by atoms with Gasteiger partial charge in [-0.2, -0.15) is 0 Å². The zero-order valence-electron chi connectivity index (χ0n) is 8.58. The average molecular weight is 192 g/mol. The molecule has 3 atom stereocenters. The predicted molar refractivity (Wildman–Crippen MR) is 53.4 cm³/mol. The van der Waals surface area contributed by atoms with Gasteiger partial charge in [0.1, 0.15) is 0 Å². The third kappa shape index (κ3) is 1.32. The standard InChI is InChI=1S/C12H16O2/c1-3-12-7-5-4-6-10(12)9(2)8-11(13)14-12/h1,9-10H,4-8H2,2H3/t9-,10+,12?/m1/s1. The zero-order chi connectivity index (χ0) is 10.2. The van der Waals surface area contributed by atoms with Crippen molar-refractivity contribution in [2.75, 3.05) is 0 Å². The molecule has 2 heteroatoms. The summed E-state index contributed by atoms with van der Waals surface area (Å²) in [5.41, 5.74) is -0.562. The Morgan fingerprint density at radius 1 is 1.57 bits per heavy atom. The lowest BCUT2D eigenvalue weighted by Crippen LogP contribution is -2.50. The minimum atomic E-state index is -0.562. The Morgan fingerprint density at radius 3 is 3.07 bits per heavy atom. The van der Waals surface area contributed by atoms with E-state index in [0.717, 1.165) is 19.3 Å². The number of ether oxygens (including phenoxy) is 1. The Balaban J connectivity index is 2.29. The SMILES string of the molecule is C#CC12CCCC[C@H]1[C@H](C)CC(=O)O2. The third-order valence-corrected chi connectivity index (χ3v) is 3.63.